The van der Waals surface area contributed by atoms with Crippen molar-refractivity contribution in [3.05, 3.63) is 53.8 Å². The fraction of sp³-hybridized carbons (Fsp3) is 0.263. The number of aromatic nitrogens is 1. The zero-order valence-corrected chi connectivity index (χ0v) is 15.5. The molecule has 26 heavy (non-hydrogen) atoms. The number of likely N-dealkylation sites (N-methyl/N-ethyl adjacent to an activating group) is 1. The van der Waals surface area contributed by atoms with E-state index < -0.39 is 0 Å². The average molecular weight is 373 g/mol. The van der Waals surface area contributed by atoms with Crippen LogP contribution in [-0.4, -0.2) is 43.0 Å². The van der Waals surface area contributed by atoms with Crippen LogP contribution in [0, 0.1) is 5.82 Å². The summed E-state index contributed by atoms with van der Waals surface area (Å²) in [5.41, 5.74) is 1.61. The van der Waals surface area contributed by atoms with E-state index in [4.69, 9.17) is 4.74 Å². The SMILES string of the molecule is CN(C)CCNC(=O)Cc1ccc(Oc2nc3ccc(F)cc3s2)cc1. The number of hydrogen-bond donors (Lipinski definition) is 1. The Labute approximate surface area is 155 Å². The van der Waals surface area contributed by atoms with Gasteiger partial charge in [0.15, 0.2) is 0 Å². The first-order valence-corrected chi connectivity index (χ1v) is 9.05. The van der Waals surface area contributed by atoms with Crippen molar-refractivity contribution in [1.29, 1.82) is 0 Å². The molecule has 0 radical (unpaired) electrons. The van der Waals surface area contributed by atoms with Crippen molar-refractivity contribution >= 4 is 27.5 Å². The van der Waals surface area contributed by atoms with Gasteiger partial charge in [0.2, 0.25) is 5.91 Å². The van der Waals surface area contributed by atoms with E-state index in [0.717, 1.165) is 16.8 Å². The van der Waals surface area contributed by atoms with E-state index in [0.29, 0.717) is 29.4 Å². The maximum absolute atomic E-state index is 13.2. The average Bonchev–Trinajstić information content (AvgIpc) is 2.97. The molecule has 136 valence electrons. The van der Waals surface area contributed by atoms with Gasteiger partial charge in [-0.15, -0.1) is 0 Å². The summed E-state index contributed by atoms with van der Waals surface area (Å²) in [4.78, 5) is 18.2. The van der Waals surface area contributed by atoms with Crippen LogP contribution in [0.1, 0.15) is 5.56 Å². The smallest absolute Gasteiger partial charge is 0.279 e. The van der Waals surface area contributed by atoms with Crippen molar-refractivity contribution in [1.82, 2.24) is 15.2 Å². The van der Waals surface area contributed by atoms with Gasteiger partial charge in [0.1, 0.15) is 11.6 Å². The Morgan fingerprint density at radius 2 is 2.00 bits per heavy atom. The molecule has 0 unspecified atom stereocenters. The fourth-order valence-corrected chi connectivity index (χ4v) is 3.22. The minimum absolute atomic E-state index is 0.00582. The monoisotopic (exact) mass is 373 g/mol. The minimum atomic E-state index is -0.291. The molecule has 1 heterocycles. The van der Waals surface area contributed by atoms with Crippen LogP contribution in [0.5, 0.6) is 10.9 Å². The van der Waals surface area contributed by atoms with Crippen molar-refractivity contribution < 1.29 is 13.9 Å². The highest BCUT2D eigenvalue weighted by Gasteiger charge is 2.08. The second kappa shape index (κ2) is 8.25. The number of amides is 1. The molecule has 5 nitrogen and oxygen atoms in total. The molecule has 1 amide bonds. The van der Waals surface area contributed by atoms with E-state index >= 15 is 0 Å². The van der Waals surface area contributed by atoms with Gasteiger partial charge in [0.25, 0.3) is 5.19 Å². The van der Waals surface area contributed by atoms with Gasteiger partial charge in [-0.25, -0.2) is 9.37 Å². The molecule has 0 aliphatic heterocycles. The highest BCUT2D eigenvalue weighted by atomic mass is 32.1. The van der Waals surface area contributed by atoms with Gasteiger partial charge in [-0.2, -0.15) is 0 Å². The number of fused-ring (bicyclic) bond motifs is 1. The Morgan fingerprint density at radius 1 is 1.23 bits per heavy atom. The molecular formula is C19H20FN3O2S. The molecule has 3 aromatic rings. The van der Waals surface area contributed by atoms with Gasteiger partial charge in [-0.3, -0.25) is 4.79 Å². The lowest BCUT2D eigenvalue weighted by Gasteiger charge is -2.10. The van der Waals surface area contributed by atoms with E-state index in [9.17, 15) is 9.18 Å². The Kier molecular flexibility index (Phi) is 5.80. The summed E-state index contributed by atoms with van der Waals surface area (Å²) in [6.07, 6.45) is 0.328. The van der Waals surface area contributed by atoms with Gasteiger partial charge in [-0.1, -0.05) is 23.5 Å². The zero-order valence-electron chi connectivity index (χ0n) is 14.7. The quantitative estimate of drug-likeness (QED) is 0.689. The van der Waals surface area contributed by atoms with Crippen LogP contribution in [0.25, 0.3) is 10.2 Å². The van der Waals surface area contributed by atoms with E-state index in [2.05, 4.69) is 10.3 Å². The lowest BCUT2D eigenvalue weighted by atomic mass is 10.1. The number of carbonyl (C=O) groups is 1. The highest BCUT2D eigenvalue weighted by Crippen LogP contribution is 2.31. The molecule has 0 aliphatic rings. The second-order valence-corrected chi connectivity index (χ2v) is 7.16. The molecule has 2 aromatic carbocycles. The van der Waals surface area contributed by atoms with Crippen LogP contribution in [0.15, 0.2) is 42.5 Å². The Bertz CT molecular complexity index is 893. The Balaban J connectivity index is 1.57. The van der Waals surface area contributed by atoms with Crippen molar-refractivity contribution in [2.45, 2.75) is 6.42 Å². The molecule has 0 atom stereocenters. The zero-order chi connectivity index (χ0) is 18.5. The molecule has 0 saturated heterocycles. The van der Waals surface area contributed by atoms with E-state index in [-0.39, 0.29) is 11.7 Å². The Hall–Kier alpha value is -2.51. The number of ether oxygens (including phenoxy) is 1. The maximum atomic E-state index is 13.2. The van der Waals surface area contributed by atoms with Gasteiger partial charge < -0.3 is 15.0 Å². The van der Waals surface area contributed by atoms with Crippen LogP contribution < -0.4 is 10.1 Å². The van der Waals surface area contributed by atoms with Crippen molar-refractivity contribution in [3.63, 3.8) is 0 Å². The molecule has 0 aliphatic carbocycles. The number of hydrogen-bond acceptors (Lipinski definition) is 5. The third-order valence-electron chi connectivity index (χ3n) is 3.71. The van der Waals surface area contributed by atoms with E-state index in [1.807, 2.05) is 31.1 Å². The van der Waals surface area contributed by atoms with E-state index in [1.54, 1.807) is 18.2 Å². The second-order valence-electron chi connectivity index (χ2n) is 6.17. The van der Waals surface area contributed by atoms with Crippen molar-refractivity contribution in [2.75, 3.05) is 27.2 Å². The van der Waals surface area contributed by atoms with Gasteiger partial charge >= 0.3 is 0 Å². The molecule has 1 N–H and O–H groups in total. The predicted octanol–water partition coefficient (Wildman–Crippen LogP) is 3.45. The summed E-state index contributed by atoms with van der Waals surface area (Å²) in [5, 5.41) is 3.34. The number of nitrogens with zero attached hydrogens (tertiary/aromatic N) is 2. The molecule has 3 rings (SSSR count). The van der Waals surface area contributed by atoms with Gasteiger partial charge in [-0.05, 0) is 50.0 Å². The van der Waals surface area contributed by atoms with Gasteiger partial charge in [0.05, 0.1) is 16.6 Å². The first kappa shape index (κ1) is 18.3. The number of nitrogens with one attached hydrogen (secondary N) is 1. The molecule has 0 fully saturated rings. The first-order chi connectivity index (χ1) is 12.5. The van der Waals surface area contributed by atoms with Crippen LogP contribution in [-0.2, 0) is 11.2 Å². The minimum Gasteiger partial charge on any atom is -0.431 e. The molecule has 7 heteroatoms. The van der Waals surface area contributed by atoms with E-state index in [1.165, 1.54) is 23.5 Å². The molecule has 0 saturated carbocycles. The van der Waals surface area contributed by atoms with Crippen LogP contribution >= 0.6 is 11.3 Å². The van der Waals surface area contributed by atoms with Crippen molar-refractivity contribution in [3.8, 4) is 10.9 Å². The van der Waals surface area contributed by atoms with Crippen molar-refractivity contribution in [2.24, 2.45) is 0 Å². The maximum Gasteiger partial charge on any atom is 0.279 e. The lowest BCUT2D eigenvalue weighted by molar-refractivity contribution is -0.120. The number of benzene rings is 2. The van der Waals surface area contributed by atoms with Crippen LogP contribution in [0.3, 0.4) is 0 Å². The largest absolute Gasteiger partial charge is 0.431 e. The summed E-state index contributed by atoms with van der Waals surface area (Å²) in [5.74, 6) is 0.330. The fourth-order valence-electron chi connectivity index (χ4n) is 2.36. The number of carbonyl (C=O) groups excluding carboxylic acids is 1. The first-order valence-electron chi connectivity index (χ1n) is 8.24. The molecule has 0 bridgehead atoms. The van der Waals surface area contributed by atoms with Gasteiger partial charge in [0, 0.05) is 13.1 Å². The van der Waals surface area contributed by atoms with Crippen LogP contribution in [0.4, 0.5) is 4.39 Å². The third kappa shape index (κ3) is 5.00. The molecule has 1 aromatic heterocycles. The summed E-state index contributed by atoms with van der Waals surface area (Å²) in [6.45, 7) is 1.44. The highest BCUT2D eigenvalue weighted by molar-refractivity contribution is 7.20. The number of halogens is 1. The predicted molar refractivity (Wildman–Crippen MR) is 101 cm³/mol. The molecular weight excluding hydrogens is 353 g/mol. The third-order valence-corrected chi connectivity index (χ3v) is 4.60. The summed E-state index contributed by atoms with van der Waals surface area (Å²) < 4.78 is 19.7. The lowest BCUT2D eigenvalue weighted by Crippen LogP contribution is -2.32. The topological polar surface area (TPSA) is 54.5 Å². The standard InChI is InChI=1S/C19H20FN3O2S/c1-23(2)10-9-21-18(24)11-13-3-6-15(7-4-13)25-19-22-16-8-5-14(20)12-17(16)26-19/h3-8,12H,9-11H2,1-2H3,(H,21,24). The van der Waals surface area contributed by atoms with Crippen LogP contribution in [0.2, 0.25) is 0 Å². The summed E-state index contributed by atoms with van der Waals surface area (Å²) in [6, 6.07) is 11.8. The summed E-state index contributed by atoms with van der Waals surface area (Å²) >= 11 is 1.29. The Morgan fingerprint density at radius 3 is 2.73 bits per heavy atom. The number of rotatable bonds is 7. The molecule has 0 spiro atoms. The normalized spacial score (nSPS) is 11.1. The number of thiazole rings is 1. The summed E-state index contributed by atoms with van der Waals surface area (Å²) in [7, 11) is 3.93.